The quantitative estimate of drug-likeness (QED) is 0.403. The molecule has 4 aromatic rings. The van der Waals surface area contributed by atoms with Crippen molar-refractivity contribution in [1.29, 1.82) is 0 Å². The van der Waals surface area contributed by atoms with Gasteiger partial charge in [-0.05, 0) is 41.8 Å². The molecule has 0 bridgehead atoms. The Labute approximate surface area is 191 Å². The highest BCUT2D eigenvalue weighted by atomic mass is 32.2. The van der Waals surface area contributed by atoms with Crippen LogP contribution in [0.4, 0.5) is 0 Å². The summed E-state index contributed by atoms with van der Waals surface area (Å²) in [5.41, 5.74) is 4.15. The molecule has 8 heteroatoms. The van der Waals surface area contributed by atoms with Crippen molar-refractivity contribution in [3.8, 4) is 22.6 Å². The van der Waals surface area contributed by atoms with Gasteiger partial charge in [0.05, 0.1) is 4.90 Å². The van der Waals surface area contributed by atoms with Crippen LogP contribution in [0, 0.1) is 0 Å². The Hall–Kier alpha value is -3.75. The average Bonchev–Trinajstić information content (AvgIpc) is 3.22. The largest absolute Gasteiger partial charge is 0.481 e. The molecule has 33 heavy (non-hydrogen) atoms. The van der Waals surface area contributed by atoms with Crippen molar-refractivity contribution in [2.75, 3.05) is 0 Å². The lowest BCUT2D eigenvalue weighted by atomic mass is 10.1. The van der Waals surface area contributed by atoms with Crippen molar-refractivity contribution in [2.45, 2.75) is 24.2 Å². The summed E-state index contributed by atoms with van der Waals surface area (Å²) in [6.45, 7) is 0. The SMILES string of the molecule is NS(=O)(=O)c1ccc(-c2oc(Cc3ccc(CCC(=O)O)cc3)nc2-c2ccccc2)cc1. The Morgan fingerprint density at radius 1 is 0.879 bits per heavy atom. The van der Waals surface area contributed by atoms with Gasteiger partial charge in [-0.2, -0.15) is 0 Å². The maximum absolute atomic E-state index is 11.6. The van der Waals surface area contributed by atoms with Crippen LogP contribution in [0.3, 0.4) is 0 Å². The molecule has 0 unspecified atom stereocenters. The van der Waals surface area contributed by atoms with Gasteiger partial charge in [0.2, 0.25) is 10.0 Å². The Kier molecular flexibility index (Phi) is 6.39. The molecule has 0 aliphatic heterocycles. The first-order chi connectivity index (χ1) is 15.8. The van der Waals surface area contributed by atoms with Gasteiger partial charge < -0.3 is 9.52 Å². The highest BCUT2D eigenvalue weighted by Crippen LogP contribution is 2.33. The normalized spacial score (nSPS) is 11.4. The summed E-state index contributed by atoms with van der Waals surface area (Å²) in [6, 6.07) is 23.5. The highest BCUT2D eigenvalue weighted by molar-refractivity contribution is 7.89. The first kappa shape index (κ1) is 22.4. The smallest absolute Gasteiger partial charge is 0.303 e. The Morgan fingerprint density at radius 2 is 1.52 bits per heavy atom. The molecule has 0 aliphatic carbocycles. The van der Waals surface area contributed by atoms with Crippen molar-refractivity contribution >= 4 is 16.0 Å². The summed E-state index contributed by atoms with van der Waals surface area (Å²) < 4.78 is 29.3. The van der Waals surface area contributed by atoms with Gasteiger partial charge in [-0.15, -0.1) is 0 Å². The number of aryl methyl sites for hydroxylation is 1. The number of nitrogens with two attached hydrogens (primary N) is 1. The predicted octanol–water partition coefficient (Wildman–Crippen LogP) is 4.26. The third kappa shape index (κ3) is 5.54. The van der Waals surface area contributed by atoms with E-state index < -0.39 is 16.0 Å². The van der Waals surface area contributed by atoms with Gasteiger partial charge in [0.15, 0.2) is 11.7 Å². The van der Waals surface area contributed by atoms with E-state index in [9.17, 15) is 13.2 Å². The van der Waals surface area contributed by atoms with Gasteiger partial charge in [0, 0.05) is 24.0 Å². The molecular formula is C25H22N2O5S. The Bertz CT molecular complexity index is 1360. The number of hydrogen-bond acceptors (Lipinski definition) is 5. The fraction of sp³-hybridized carbons (Fsp3) is 0.120. The zero-order valence-electron chi connectivity index (χ0n) is 17.6. The number of aliphatic carboxylic acids is 1. The second-order valence-electron chi connectivity index (χ2n) is 7.61. The third-order valence-corrected chi connectivity index (χ3v) is 6.10. The van der Waals surface area contributed by atoms with E-state index in [4.69, 9.17) is 19.6 Å². The van der Waals surface area contributed by atoms with E-state index in [0.29, 0.717) is 35.7 Å². The summed E-state index contributed by atoms with van der Waals surface area (Å²) in [5, 5.41) is 14.0. The fourth-order valence-electron chi connectivity index (χ4n) is 3.47. The molecule has 1 heterocycles. The molecule has 4 rings (SSSR count). The summed E-state index contributed by atoms with van der Waals surface area (Å²) in [5.74, 6) is 0.227. The number of sulfonamides is 1. The Morgan fingerprint density at radius 3 is 2.12 bits per heavy atom. The first-order valence-electron chi connectivity index (χ1n) is 10.3. The van der Waals surface area contributed by atoms with E-state index in [1.807, 2.05) is 54.6 Å². The first-order valence-corrected chi connectivity index (χ1v) is 11.8. The minimum absolute atomic E-state index is 0.0234. The van der Waals surface area contributed by atoms with Crippen molar-refractivity contribution in [3.05, 3.63) is 95.9 Å². The van der Waals surface area contributed by atoms with Crippen LogP contribution < -0.4 is 5.14 Å². The lowest BCUT2D eigenvalue weighted by Crippen LogP contribution is -2.11. The molecule has 0 saturated carbocycles. The van der Waals surface area contributed by atoms with Crippen molar-refractivity contribution < 1.29 is 22.7 Å². The standard InChI is InChI=1S/C25H22N2O5S/c26-33(30,31)21-13-11-20(12-14-21)25-24(19-4-2-1-3-5-19)27-22(32-25)16-18-8-6-17(7-9-18)10-15-23(28)29/h1-9,11-14H,10,15-16H2,(H,28,29)(H2,26,30,31). The van der Waals surface area contributed by atoms with E-state index >= 15 is 0 Å². The number of aromatic nitrogens is 1. The van der Waals surface area contributed by atoms with Crippen LogP contribution in [-0.2, 0) is 27.7 Å². The summed E-state index contributed by atoms with van der Waals surface area (Å²) >= 11 is 0. The van der Waals surface area contributed by atoms with Gasteiger partial charge in [-0.25, -0.2) is 18.5 Å². The van der Waals surface area contributed by atoms with Crippen LogP contribution in [0.5, 0.6) is 0 Å². The topological polar surface area (TPSA) is 123 Å². The van der Waals surface area contributed by atoms with E-state index in [1.165, 1.54) is 12.1 Å². The van der Waals surface area contributed by atoms with Gasteiger partial charge in [-0.1, -0.05) is 54.6 Å². The zero-order chi connectivity index (χ0) is 23.4. The fourth-order valence-corrected chi connectivity index (χ4v) is 3.99. The van der Waals surface area contributed by atoms with Crippen molar-refractivity contribution in [3.63, 3.8) is 0 Å². The number of carbonyl (C=O) groups is 1. The number of hydrogen-bond donors (Lipinski definition) is 2. The van der Waals surface area contributed by atoms with Gasteiger partial charge in [0.1, 0.15) is 5.69 Å². The van der Waals surface area contributed by atoms with Crippen molar-refractivity contribution in [1.82, 2.24) is 4.98 Å². The minimum atomic E-state index is -3.79. The minimum Gasteiger partial charge on any atom is -0.481 e. The molecule has 0 radical (unpaired) electrons. The molecule has 3 N–H and O–H groups in total. The van der Waals surface area contributed by atoms with E-state index in [-0.39, 0.29) is 11.3 Å². The van der Waals surface area contributed by atoms with Crippen LogP contribution in [0.2, 0.25) is 0 Å². The number of rotatable bonds is 8. The number of carboxylic acid groups (broad SMARTS) is 1. The highest BCUT2D eigenvalue weighted by Gasteiger charge is 2.18. The number of oxazole rings is 1. The second kappa shape index (κ2) is 9.40. The number of nitrogens with zero attached hydrogens (tertiary/aromatic N) is 1. The van der Waals surface area contributed by atoms with Gasteiger partial charge >= 0.3 is 5.97 Å². The van der Waals surface area contributed by atoms with E-state index in [1.54, 1.807) is 12.1 Å². The summed E-state index contributed by atoms with van der Waals surface area (Å²) in [4.78, 5) is 15.5. The summed E-state index contributed by atoms with van der Waals surface area (Å²) in [7, 11) is -3.79. The van der Waals surface area contributed by atoms with Crippen LogP contribution in [0.1, 0.15) is 23.4 Å². The zero-order valence-corrected chi connectivity index (χ0v) is 18.5. The molecule has 3 aromatic carbocycles. The molecule has 0 fully saturated rings. The maximum Gasteiger partial charge on any atom is 0.303 e. The number of benzene rings is 3. The molecule has 168 valence electrons. The molecule has 0 spiro atoms. The van der Waals surface area contributed by atoms with E-state index in [2.05, 4.69) is 0 Å². The number of primary sulfonamides is 1. The van der Waals surface area contributed by atoms with Gasteiger partial charge in [0.25, 0.3) is 0 Å². The second-order valence-corrected chi connectivity index (χ2v) is 9.17. The van der Waals surface area contributed by atoms with Crippen LogP contribution in [0.15, 0.2) is 88.2 Å². The summed E-state index contributed by atoms with van der Waals surface area (Å²) in [6.07, 6.45) is 1.02. The monoisotopic (exact) mass is 462 g/mol. The molecule has 1 aromatic heterocycles. The molecule has 7 nitrogen and oxygen atoms in total. The Balaban J connectivity index is 1.65. The molecular weight excluding hydrogens is 440 g/mol. The van der Waals surface area contributed by atoms with Crippen molar-refractivity contribution in [2.24, 2.45) is 5.14 Å². The average molecular weight is 463 g/mol. The van der Waals surface area contributed by atoms with Crippen LogP contribution >= 0.6 is 0 Å². The third-order valence-electron chi connectivity index (χ3n) is 5.17. The lowest BCUT2D eigenvalue weighted by Gasteiger charge is -2.03. The van der Waals surface area contributed by atoms with E-state index in [0.717, 1.165) is 16.7 Å². The number of carboxylic acids is 1. The van der Waals surface area contributed by atoms with Gasteiger partial charge in [-0.3, -0.25) is 4.79 Å². The molecule has 0 atom stereocenters. The molecule has 0 saturated heterocycles. The van der Waals surface area contributed by atoms with Crippen LogP contribution in [0.25, 0.3) is 22.6 Å². The van der Waals surface area contributed by atoms with Crippen LogP contribution in [-0.4, -0.2) is 24.5 Å². The maximum atomic E-state index is 11.6. The molecule has 0 amide bonds. The molecule has 0 aliphatic rings. The lowest BCUT2D eigenvalue weighted by molar-refractivity contribution is -0.136. The predicted molar refractivity (Wildman–Crippen MR) is 124 cm³/mol.